The number of carbonyl (C=O) groups excluding carboxylic acids is 1. The standard InChI is InChI=1S/C16H25NO3/c1-11(12-7-3-2-4-8-12)17-15(18)13-9-5-6-10-14(13)16(19)20/h5-6,11-14H,2-4,7-10H2,1H3,(H,17,18)(H,19,20)/t11-,13?,14?/m1/s1. The molecule has 20 heavy (non-hydrogen) atoms. The molecule has 2 unspecified atom stereocenters. The van der Waals surface area contributed by atoms with Gasteiger partial charge in [-0.15, -0.1) is 0 Å². The predicted octanol–water partition coefficient (Wildman–Crippen LogP) is 2.74. The minimum absolute atomic E-state index is 0.0835. The first-order chi connectivity index (χ1) is 9.59. The molecule has 0 aromatic heterocycles. The first-order valence-corrected chi connectivity index (χ1v) is 7.77. The molecule has 0 heterocycles. The predicted molar refractivity (Wildman–Crippen MR) is 77.2 cm³/mol. The van der Waals surface area contributed by atoms with E-state index in [2.05, 4.69) is 12.2 Å². The van der Waals surface area contributed by atoms with Gasteiger partial charge in [0.25, 0.3) is 0 Å². The van der Waals surface area contributed by atoms with Crippen molar-refractivity contribution in [2.75, 3.05) is 0 Å². The van der Waals surface area contributed by atoms with Crippen molar-refractivity contribution in [2.45, 2.75) is 57.9 Å². The van der Waals surface area contributed by atoms with E-state index in [1.54, 1.807) is 0 Å². The summed E-state index contributed by atoms with van der Waals surface area (Å²) in [6.45, 7) is 2.06. The van der Waals surface area contributed by atoms with Gasteiger partial charge < -0.3 is 10.4 Å². The van der Waals surface area contributed by atoms with Crippen molar-refractivity contribution in [1.82, 2.24) is 5.32 Å². The van der Waals surface area contributed by atoms with E-state index < -0.39 is 17.8 Å². The molecule has 1 amide bonds. The molecule has 1 fully saturated rings. The van der Waals surface area contributed by atoms with Crippen LogP contribution in [0.1, 0.15) is 51.9 Å². The first-order valence-electron chi connectivity index (χ1n) is 7.77. The molecule has 112 valence electrons. The average molecular weight is 279 g/mol. The largest absolute Gasteiger partial charge is 0.481 e. The average Bonchev–Trinajstić information content (AvgIpc) is 2.48. The van der Waals surface area contributed by atoms with E-state index in [0.717, 1.165) is 0 Å². The van der Waals surface area contributed by atoms with Crippen LogP contribution in [0.15, 0.2) is 12.2 Å². The van der Waals surface area contributed by atoms with Crippen molar-refractivity contribution in [3.63, 3.8) is 0 Å². The molecule has 0 spiro atoms. The SMILES string of the molecule is C[C@@H](NC(=O)C1CC=CCC1C(=O)O)C1CCCCC1. The molecule has 0 aromatic carbocycles. The smallest absolute Gasteiger partial charge is 0.307 e. The molecule has 0 saturated heterocycles. The Balaban J connectivity index is 1.92. The van der Waals surface area contributed by atoms with Gasteiger partial charge in [-0.3, -0.25) is 9.59 Å². The number of aliphatic carboxylic acids is 1. The second-order valence-corrected chi connectivity index (χ2v) is 6.19. The number of carboxylic acids is 1. The molecule has 2 aliphatic carbocycles. The summed E-state index contributed by atoms with van der Waals surface area (Å²) in [5.41, 5.74) is 0. The second-order valence-electron chi connectivity index (χ2n) is 6.19. The van der Waals surface area contributed by atoms with E-state index in [1.807, 2.05) is 12.2 Å². The molecule has 2 rings (SSSR count). The molecule has 3 atom stereocenters. The molecule has 0 aromatic rings. The number of rotatable bonds is 4. The molecule has 2 aliphatic rings. The van der Waals surface area contributed by atoms with E-state index in [9.17, 15) is 14.7 Å². The monoisotopic (exact) mass is 279 g/mol. The number of hydrogen-bond acceptors (Lipinski definition) is 2. The van der Waals surface area contributed by atoms with E-state index in [4.69, 9.17) is 0 Å². The molecule has 0 radical (unpaired) electrons. The summed E-state index contributed by atoms with van der Waals surface area (Å²) in [5, 5.41) is 12.3. The van der Waals surface area contributed by atoms with Crippen LogP contribution >= 0.6 is 0 Å². The normalized spacial score (nSPS) is 28.9. The summed E-state index contributed by atoms with van der Waals surface area (Å²) in [7, 11) is 0. The molecular formula is C16H25NO3. The highest BCUT2D eigenvalue weighted by Gasteiger charge is 2.35. The van der Waals surface area contributed by atoms with Crippen LogP contribution in [0.3, 0.4) is 0 Å². The minimum atomic E-state index is -0.861. The van der Waals surface area contributed by atoms with Gasteiger partial charge in [0, 0.05) is 6.04 Å². The Hall–Kier alpha value is -1.32. The Bertz CT molecular complexity index is 385. The number of hydrogen-bond donors (Lipinski definition) is 2. The molecular weight excluding hydrogens is 254 g/mol. The van der Waals surface area contributed by atoms with Gasteiger partial charge in [0.15, 0.2) is 0 Å². The van der Waals surface area contributed by atoms with Crippen LogP contribution in [0, 0.1) is 17.8 Å². The van der Waals surface area contributed by atoms with Gasteiger partial charge in [-0.2, -0.15) is 0 Å². The van der Waals surface area contributed by atoms with Gasteiger partial charge in [-0.1, -0.05) is 31.4 Å². The van der Waals surface area contributed by atoms with Crippen molar-refractivity contribution in [3.8, 4) is 0 Å². The lowest BCUT2D eigenvalue weighted by Gasteiger charge is -2.31. The summed E-state index contributed by atoms with van der Waals surface area (Å²) < 4.78 is 0. The number of nitrogens with one attached hydrogen (secondary N) is 1. The van der Waals surface area contributed by atoms with Gasteiger partial charge in [0.05, 0.1) is 11.8 Å². The van der Waals surface area contributed by atoms with Gasteiger partial charge in [-0.25, -0.2) is 0 Å². The zero-order valence-corrected chi connectivity index (χ0v) is 12.2. The van der Waals surface area contributed by atoms with Crippen molar-refractivity contribution in [3.05, 3.63) is 12.2 Å². The molecule has 1 saturated carbocycles. The fourth-order valence-corrected chi connectivity index (χ4v) is 3.46. The second kappa shape index (κ2) is 6.91. The van der Waals surface area contributed by atoms with E-state index in [-0.39, 0.29) is 11.9 Å². The maximum atomic E-state index is 12.4. The van der Waals surface area contributed by atoms with Crippen LogP contribution < -0.4 is 5.32 Å². The highest BCUT2D eigenvalue weighted by molar-refractivity contribution is 5.85. The summed E-state index contributed by atoms with van der Waals surface area (Å²) in [6.07, 6.45) is 10.9. The van der Waals surface area contributed by atoms with Crippen molar-refractivity contribution >= 4 is 11.9 Å². The van der Waals surface area contributed by atoms with E-state index >= 15 is 0 Å². The summed E-state index contributed by atoms with van der Waals surface area (Å²) in [5.74, 6) is -1.38. The quantitative estimate of drug-likeness (QED) is 0.778. The molecule has 2 N–H and O–H groups in total. The lowest BCUT2D eigenvalue weighted by molar-refractivity contribution is -0.147. The first kappa shape index (κ1) is 15.1. The molecule has 0 aliphatic heterocycles. The Morgan fingerprint density at radius 3 is 2.30 bits per heavy atom. The van der Waals surface area contributed by atoms with Gasteiger partial charge >= 0.3 is 5.97 Å². The van der Waals surface area contributed by atoms with Crippen molar-refractivity contribution < 1.29 is 14.7 Å². The maximum absolute atomic E-state index is 12.4. The fraction of sp³-hybridized carbons (Fsp3) is 0.750. The lowest BCUT2D eigenvalue weighted by atomic mass is 9.81. The number of carbonyl (C=O) groups is 2. The van der Waals surface area contributed by atoms with Crippen molar-refractivity contribution in [2.24, 2.45) is 17.8 Å². The fourth-order valence-electron chi connectivity index (χ4n) is 3.46. The van der Waals surface area contributed by atoms with Crippen LogP contribution in [0.25, 0.3) is 0 Å². The third kappa shape index (κ3) is 3.62. The molecule has 4 nitrogen and oxygen atoms in total. The summed E-state index contributed by atoms with van der Waals surface area (Å²) in [4.78, 5) is 23.6. The van der Waals surface area contributed by atoms with Crippen LogP contribution in [0.2, 0.25) is 0 Å². The highest BCUT2D eigenvalue weighted by atomic mass is 16.4. The number of allylic oxidation sites excluding steroid dienone is 2. The van der Waals surface area contributed by atoms with E-state index in [0.29, 0.717) is 18.8 Å². The zero-order valence-electron chi connectivity index (χ0n) is 12.2. The zero-order chi connectivity index (χ0) is 14.5. The van der Waals surface area contributed by atoms with Crippen LogP contribution in [0.5, 0.6) is 0 Å². The topological polar surface area (TPSA) is 66.4 Å². The molecule has 0 bridgehead atoms. The lowest BCUT2D eigenvalue weighted by Crippen LogP contribution is -2.45. The third-order valence-electron chi connectivity index (χ3n) is 4.81. The number of carboxylic acid groups (broad SMARTS) is 1. The third-order valence-corrected chi connectivity index (χ3v) is 4.81. The summed E-state index contributed by atoms with van der Waals surface area (Å²) >= 11 is 0. The highest BCUT2D eigenvalue weighted by Crippen LogP contribution is 2.29. The number of amides is 1. The molecule has 4 heteroatoms. The summed E-state index contributed by atoms with van der Waals surface area (Å²) in [6, 6.07) is 0.156. The Morgan fingerprint density at radius 1 is 1.10 bits per heavy atom. The Kier molecular flexibility index (Phi) is 5.21. The van der Waals surface area contributed by atoms with Crippen molar-refractivity contribution in [1.29, 1.82) is 0 Å². The van der Waals surface area contributed by atoms with Crippen LogP contribution in [-0.2, 0) is 9.59 Å². The maximum Gasteiger partial charge on any atom is 0.307 e. The van der Waals surface area contributed by atoms with Gasteiger partial charge in [0.2, 0.25) is 5.91 Å². The van der Waals surface area contributed by atoms with Gasteiger partial charge in [-0.05, 0) is 38.5 Å². The van der Waals surface area contributed by atoms with E-state index in [1.165, 1.54) is 32.1 Å². The van der Waals surface area contributed by atoms with Crippen LogP contribution in [0.4, 0.5) is 0 Å². The van der Waals surface area contributed by atoms with Gasteiger partial charge in [0.1, 0.15) is 0 Å². The Labute approximate surface area is 120 Å². The Morgan fingerprint density at radius 2 is 1.70 bits per heavy atom. The minimum Gasteiger partial charge on any atom is -0.481 e. The van der Waals surface area contributed by atoms with Crippen LogP contribution in [-0.4, -0.2) is 23.0 Å².